The SMILES string of the molecule is COc1ccc(C)cc1NC(=O)COC(=O)c1cccc(Cl)c1N. The van der Waals surface area contributed by atoms with Crippen LogP contribution in [-0.2, 0) is 9.53 Å². The van der Waals surface area contributed by atoms with Crippen LogP contribution in [0.5, 0.6) is 5.75 Å². The predicted molar refractivity (Wildman–Crippen MR) is 92.5 cm³/mol. The lowest BCUT2D eigenvalue weighted by molar-refractivity contribution is -0.119. The van der Waals surface area contributed by atoms with Gasteiger partial charge in [-0.2, -0.15) is 0 Å². The normalized spacial score (nSPS) is 10.1. The molecule has 0 heterocycles. The molecule has 0 fully saturated rings. The second kappa shape index (κ2) is 7.70. The molecule has 0 aliphatic rings. The molecule has 0 atom stereocenters. The molecule has 0 spiro atoms. The van der Waals surface area contributed by atoms with E-state index in [-0.39, 0.29) is 16.3 Å². The van der Waals surface area contributed by atoms with Crippen molar-refractivity contribution in [1.82, 2.24) is 0 Å². The van der Waals surface area contributed by atoms with E-state index in [0.717, 1.165) is 5.56 Å². The zero-order valence-corrected chi connectivity index (χ0v) is 14.0. The van der Waals surface area contributed by atoms with Crippen molar-refractivity contribution in [3.8, 4) is 5.75 Å². The molecule has 0 aliphatic heterocycles. The van der Waals surface area contributed by atoms with Crippen molar-refractivity contribution in [2.24, 2.45) is 0 Å². The van der Waals surface area contributed by atoms with Gasteiger partial charge in [0.2, 0.25) is 0 Å². The number of para-hydroxylation sites is 1. The summed E-state index contributed by atoms with van der Waals surface area (Å²) in [6.45, 7) is 1.43. The number of methoxy groups -OCH3 is 1. The maximum Gasteiger partial charge on any atom is 0.340 e. The summed E-state index contributed by atoms with van der Waals surface area (Å²) in [4.78, 5) is 24.0. The van der Waals surface area contributed by atoms with Crippen molar-refractivity contribution in [3.63, 3.8) is 0 Å². The van der Waals surface area contributed by atoms with Crippen LogP contribution in [0.4, 0.5) is 11.4 Å². The van der Waals surface area contributed by atoms with Crippen LogP contribution in [0, 0.1) is 6.92 Å². The molecular weight excluding hydrogens is 332 g/mol. The summed E-state index contributed by atoms with van der Waals surface area (Å²) in [7, 11) is 1.50. The van der Waals surface area contributed by atoms with E-state index < -0.39 is 18.5 Å². The first kappa shape index (κ1) is 17.6. The lowest BCUT2D eigenvalue weighted by atomic mass is 10.2. The van der Waals surface area contributed by atoms with E-state index in [2.05, 4.69) is 5.32 Å². The highest BCUT2D eigenvalue weighted by Gasteiger charge is 2.15. The number of hydrogen-bond acceptors (Lipinski definition) is 5. The third kappa shape index (κ3) is 4.17. The van der Waals surface area contributed by atoms with E-state index in [1.54, 1.807) is 24.3 Å². The fourth-order valence-electron chi connectivity index (χ4n) is 2.03. The van der Waals surface area contributed by atoms with E-state index in [0.29, 0.717) is 11.4 Å². The summed E-state index contributed by atoms with van der Waals surface area (Å²) < 4.78 is 10.1. The van der Waals surface area contributed by atoms with Gasteiger partial charge in [0.25, 0.3) is 5.91 Å². The topological polar surface area (TPSA) is 90.6 Å². The second-order valence-electron chi connectivity index (χ2n) is 5.03. The maximum absolute atomic E-state index is 12.0. The number of halogens is 1. The standard InChI is InChI=1S/C17H17ClN2O4/c1-10-6-7-14(23-2)13(8-10)20-15(21)9-24-17(22)11-4-3-5-12(18)16(11)19/h3-8H,9,19H2,1-2H3,(H,20,21). The average molecular weight is 349 g/mol. The largest absolute Gasteiger partial charge is 0.495 e. The zero-order chi connectivity index (χ0) is 17.7. The molecule has 2 aromatic rings. The molecule has 24 heavy (non-hydrogen) atoms. The Morgan fingerprint density at radius 3 is 2.71 bits per heavy atom. The summed E-state index contributed by atoms with van der Waals surface area (Å²) in [5.41, 5.74) is 7.40. The number of nitrogens with two attached hydrogens (primary N) is 1. The summed E-state index contributed by atoms with van der Waals surface area (Å²) in [5, 5.41) is 2.89. The van der Waals surface area contributed by atoms with Gasteiger partial charge in [-0.25, -0.2) is 4.79 Å². The molecule has 0 aromatic heterocycles. The van der Waals surface area contributed by atoms with Crippen molar-refractivity contribution >= 4 is 34.9 Å². The van der Waals surface area contributed by atoms with Gasteiger partial charge < -0.3 is 20.5 Å². The molecule has 0 saturated heterocycles. The van der Waals surface area contributed by atoms with Crippen LogP contribution in [0.25, 0.3) is 0 Å². The van der Waals surface area contributed by atoms with E-state index in [9.17, 15) is 9.59 Å². The predicted octanol–water partition coefficient (Wildman–Crippen LogP) is 3.03. The van der Waals surface area contributed by atoms with Crippen LogP contribution in [0.15, 0.2) is 36.4 Å². The van der Waals surface area contributed by atoms with Crippen LogP contribution < -0.4 is 15.8 Å². The van der Waals surface area contributed by atoms with E-state index in [1.165, 1.54) is 13.2 Å². The monoisotopic (exact) mass is 348 g/mol. The third-order valence-electron chi connectivity index (χ3n) is 3.24. The number of benzene rings is 2. The number of ether oxygens (including phenoxy) is 2. The molecule has 0 saturated carbocycles. The van der Waals surface area contributed by atoms with Crippen LogP contribution in [-0.4, -0.2) is 25.6 Å². The van der Waals surface area contributed by atoms with Gasteiger partial charge in [0.1, 0.15) is 5.75 Å². The lowest BCUT2D eigenvalue weighted by Gasteiger charge is -2.11. The number of carbonyl (C=O) groups excluding carboxylic acids is 2. The summed E-state index contributed by atoms with van der Waals surface area (Å²) in [5.74, 6) is -0.700. The molecule has 2 aromatic carbocycles. The summed E-state index contributed by atoms with van der Waals surface area (Å²) in [6, 6.07) is 9.97. The minimum atomic E-state index is -0.721. The van der Waals surface area contributed by atoms with Gasteiger partial charge in [0.15, 0.2) is 6.61 Å². The van der Waals surface area contributed by atoms with Gasteiger partial charge in [-0.05, 0) is 36.8 Å². The Labute approximate surface area is 144 Å². The highest BCUT2D eigenvalue weighted by molar-refractivity contribution is 6.33. The van der Waals surface area contributed by atoms with Gasteiger partial charge in [0.05, 0.1) is 29.1 Å². The Morgan fingerprint density at radius 1 is 1.25 bits per heavy atom. The van der Waals surface area contributed by atoms with Gasteiger partial charge in [-0.15, -0.1) is 0 Å². The molecule has 7 heteroatoms. The molecule has 0 unspecified atom stereocenters. The maximum atomic E-state index is 12.0. The van der Waals surface area contributed by atoms with Gasteiger partial charge in [-0.1, -0.05) is 23.7 Å². The first-order chi connectivity index (χ1) is 11.4. The number of nitrogen functional groups attached to an aromatic ring is 1. The van der Waals surface area contributed by atoms with E-state index in [4.69, 9.17) is 26.8 Å². The number of anilines is 2. The fraction of sp³-hybridized carbons (Fsp3) is 0.176. The number of rotatable bonds is 5. The highest BCUT2D eigenvalue weighted by atomic mass is 35.5. The van der Waals surface area contributed by atoms with Crippen LogP contribution in [0.1, 0.15) is 15.9 Å². The Bertz CT molecular complexity index is 777. The van der Waals surface area contributed by atoms with E-state index in [1.807, 2.05) is 13.0 Å². The number of hydrogen-bond donors (Lipinski definition) is 2. The van der Waals surface area contributed by atoms with Crippen molar-refractivity contribution in [3.05, 3.63) is 52.5 Å². The minimum absolute atomic E-state index is 0.114. The van der Waals surface area contributed by atoms with Crippen LogP contribution >= 0.6 is 11.6 Å². The fourth-order valence-corrected chi connectivity index (χ4v) is 2.20. The number of carbonyl (C=O) groups is 2. The quantitative estimate of drug-likeness (QED) is 0.640. The van der Waals surface area contributed by atoms with Gasteiger partial charge in [0, 0.05) is 0 Å². The third-order valence-corrected chi connectivity index (χ3v) is 3.57. The van der Waals surface area contributed by atoms with Crippen molar-refractivity contribution in [1.29, 1.82) is 0 Å². The Kier molecular flexibility index (Phi) is 5.65. The summed E-state index contributed by atoms with van der Waals surface area (Å²) >= 11 is 5.85. The van der Waals surface area contributed by atoms with Crippen molar-refractivity contribution in [2.45, 2.75) is 6.92 Å². The molecule has 126 valence electrons. The lowest BCUT2D eigenvalue weighted by Crippen LogP contribution is -2.21. The van der Waals surface area contributed by atoms with Crippen molar-refractivity contribution < 1.29 is 19.1 Å². The number of esters is 1. The van der Waals surface area contributed by atoms with Crippen LogP contribution in [0.3, 0.4) is 0 Å². The number of aryl methyl sites for hydroxylation is 1. The molecular formula is C17H17ClN2O4. The number of amides is 1. The molecule has 2 rings (SSSR count). The Morgan fingerprint density at radius 2 is 2.00 bits per heavy atom. The molecule has 0 radical (unpaired) electrons. The van der Waals surface area contributed by atoms with Crippen molar-refractivity contribution in [2.75, 3.05) is 24.8 Å². The second-order valence-corrected chi connectivity index (χ2v) is 5.44. The molecule has 6 nitrogen and oxygen atoms in total. The van der Waals surface area contributed by atoms with E-state index >= 15 is 0 Å². The molecule has 3 N–H and O–H groups in total. The first-order valence-corrected chi connectivity index (χ1v) is 7.45. The first-order valence-electron chi connectivity index (χ1n) is 7.08. The zero-order valence-electron chi connectivity index (χ0n) is 13.3. The smallest absolute Gasteiger partial charge is 0.340 e. The average Bonchev–Trinajstić information content (AvgIpc) is 2.55. The van der Waals surface area contributed by atoms with Crippen LogP contribution in [0.2, 0.25) is 5.02 Å². The number of nitrogens with one attached hydrogen (secondary N) is 1. The molecule has 1 amide bonds. The summed E-state index contributed by atoms with van der Waals surface area (Å²) in [6.07, 6.45) is 0. The Hall–Kier alpha value is -2.73. The Balaban J connectivity index is 2.00. The van der Waals surface area contributed by atoms with Gasteiger partial charge >= 0.3 is 5.97 Å². The molecule has 0 bridgehead atoms. The molecule has 0 aliphatic carbocycles. The van der Waals surface area contributed by atoms with Gasteiger partial charge in [-0.3, -0.25) is 4.79 Å². The highest BCUT2D eigenvalue weighted by Crippen LogP contribution is 2.25. The minimum Gasteiger partial charge on any atom is -0.495 e.